The van der Waals surface area contributed by atoms with Crippen LogP contribution in [-0.2, 0) is 6.61 Å². The normalized spacial score (nSPS) is 11.0. The summed E-state index contributed by atoms with van der Waals surface area (Å²) in [6.45, 7) is -2.78. The summed E-state index contributed by atoms with van der Waals surface area (Å²) < 4.78 is 46.0. The molecular weight excluding hydrogens is 430 g/mol. The van der Waals surface area contributed by atoms with Crippen molar-refractivity contribution in [2.75, 3.05) is 12.4 Å². The van der Waals surface area contributed by atoms with Gasteiger partial charge < -0.3 is 18.6 Å². The second kappa shape index (κ2) is 9.00. The molecule has 0 aliphatic carbocycles. The first kappa shape index (κ1) is 20.6. The van der Waals surface area contributed by atoms with Crippen LogP contribution in [-0.4, -0.2) is 24.6 Å². The molecule has 0 unspecified atom stereocenters. The van der Waals surface area contributed by atoms with Gasteiger partial charge in [0.1, 0.15) is 29.6 Å². The van der Waals surface area contributed by atoms with Crippen LogP contribution in [0.3, 0.4) is 0 Å². The second-order valence-electron chi connectivity index (χ2n) is 6.21. The number of benzene rings is 2. The number of rotatable bonds is 8. The lowest BCUT2D eigenvalue weighted by molar-refractivity contribution is -0.0497. The molecule has 0 aliphatic rings. The van der Waals surface area contributed by atoms with Gasteiger partial charge in [0.25, 0.3) is 5.91 Å². The largest absolute Gasteiger partial charge is 0.497 e. The van der Waals surface area contributed by atoms with Gasteiger partial charge in [0.05, 0.1) is 17.3 Å². The van der Waals surface area contributed by atoms with Gasteiger partial charge in [-0.3, -0.25) is 10.1 Å². The number of hydrogen-bond acceptors (Lipinski definition) is 7. The van der Waals surface area contributed by atoms with Crippen LogP contribution in [0, 0.1) is 0 Å². The topological polar surface area (TPSA) is 82.8 Å². The van der Waals surface area contributed by atoms with Crippen LogP contribution >= 0.6 is 11.3 Å². The Kier molecular flexibility index (Phi) is 5.99. The van der Waals surface area contributed by atoms with E-state index in [4.69, 9.17) is 13.9 Å². The first-order valence-corrected chi connectivity index (χ1v) is 9.84. The average Bonchev–Trinajstić information content (AvgIpc) is 3.38. The molecule has 2 heterocycles. The minimum absolute atomic E-state index is 0.0238. The lowest BCUT2D eigenvalue weighted by Crippen LogP contribution is -2.10. The lowest BCUT2D eigenvalue weighted by atomic mass is 10.3. The van der Waals surface area contributed by atoms with E-state index in [1.54, 1.807) is 43.5 Å². The summed E-state index contributed by atoms with van der Waals surface area (Å²) in [7, 11) is 1.57. The van der Waals surface area contributed by atoms with Gasteiger partial charge in [0, 0.05) is 6.07 Å². The van der Waals surface area contributed by atoms with Crippen molar-refractivity contribution in [1.29, 1.82) is 0 Å². The number of anilines is 1. The predicted molar refractivity (Wildman–Crippen MR) is 110 cm³/mol. The highest BCUT2D eigenvalue weighted by molar-refractivity contribution is 7.22. The summed E-state index contributed by atoms with van der Waals surface area (Å²) in [5.74, 6) is 1.36. The maximum absolute atomic E-state index is 12.5. The highest BCUT2D eigenvalue weighted by Crippen LogP contribution is 2.30. The Labute approximate surface area is 179 Å². The molecule has 2 aromatic carbocycles. The number of carbonyl (C=O) groups excluding carboxylic acids is 1. The van der Waals surface area contributed by atoms with Crippen molar-refractivity contribution in [3.63, 3.8) is 0 Å². The maximum Gasteiger partial charge on any atom is 0.387 e. The second-order valence-corrected chi connectivity index (χ2v) is 7.25. The fourth-order valence-corrected chi connectivity index (χ4v) is 3.61. The van der Waals surface area contributed by atoms with E-state index in [0.29, 0.717) is 32.6 Å². The van der Waals surface area contributed by atoms with Crippen molar-refractivity contribution in [2.24, 2.45) is 0 Å². The molecule has 0 radical (unpaired) electrons. The van der Waals surface area contributed by atoms with E-state index in [2.05, 4.69) is 15.0 Å². The maximum atomic E-state index is 12.5. The van der Waals surface area contributed by atoms with Crippen LogP contribution in [0.1, 0.15) is 16.3 Å². The molecule has 4 rings (SSSR count). The number of fused-ring (bicyclic) bond motifs is 1. The first-order chi connectivity index (χ1) is 15.0. The number of ether oxygens (including phenoxy) is 3. The van der Waals surface area contributed by atoms with Crippen molar-refractivity contribution >= 4 is 32.6 Å². The van der Waals surface area contributed by atoms with E-state index in [1.807, 2.05) is 0 Å². The number of alkyl halides is 2. The van der Waals surface area contributed by atoms with Gasteiger partial charge in [-0.2, -0.15) is 8.78 Å². The van der Waals surface area contributed by atoms with Gasteiger partial charge in [-0.15, -0.1) is 0 Å². The van der Waals surface area contributed by atoms with Gasteiger partial charge in [-0.1, -0.05) is 17.4 Å². The van der Waals surface area contributed by atoms with E-state index in [9.17, 15) is 13.6 Å². The fraction of sp³-hybridized carbons (Fsp3) is 0.143. The zero-order valence-electron chi connectivity index (χ0n) is 16.1. The summed E-state index contributed by atoms with van der Waals surface area (Å²) >= 11 is 1.13. The molecule has 2 aromatic heterocycles. The Balaban J connectivity index is 1.39. The Morgan fingerprint density at radius 2 is 1.97 bits per heavy atom. The Bertz CT molecular complexity index is 1210. The van der Waals surface area contributed by atoms with Crippen LogP contribution < -0.4 is 19.5 Å². The third kappa shape index (κ3) is 5.10. The summed E-state index contributed by atoms with van der Waals surface area (Å²) in [5, 5.41) is 2.94. The average molecular weight is 446 g/mol. The molecule has 0 bridgehead atoms. The molecule has 1 amide bonds. The van der Waals surface area contributed by atoms with Crippen molar-refractivity contribution in [3.05, 3.63) is 66.1 Å². The first-order valence-electron chi connectivity index (χ1n) is 9.02. The molecule has 0 fully saturated rings. The number of hydrogen-bond donors (Lipinski definition) is 1. The number of nitrogens with one attached hydrogen (secondary N) is 1. The molecule has 0 spiro atoms. The SMILES string of the molecule is COc1cccc(OCc2ccc(C(=O)Nc3nc4ccc(OC(F)F)cc4s3)o2)c1. The number of carbonyl (C=O) groups is 1. The van der Waals surface area contributed by atoms with Crippen LogP contribution in [0.25, 0.3) is 10.2 Å². The molecule has 7 nitrogen and oxygen atoms in total. The molecule has 10 heteroatoms. The number of aromatic nitrogens is 1. The Morgan fingerprint density at radius 1 is 1.13 bits per heavy atom. The van der Waals surface area contributed by atoms with Crippen LogP contribution in [0.2, 0.25) is 0 Å². The standard InChI is InChI=1S/C21H16F2N2O5S/c1-27-12-3-2-4-13(9-12)28-11-15-6-8-17(29-15)19(26)25-21-24-16-7-5-14(30-20(22)23)10-18(16)31-21/h2-10,20H,11H2,1H3,(H,24,25,26). The minimum Gasteiger partial charge on any atom is -0.497 e. The molecule has 0 atom stereocenters. The molecular formula is C21H16F2N2O5S. The van der Waals surface area contributed by atoms with Crippen molar-refractivity contribution < 1.29 is 32.2 Å². The van der Waals surface area contributed by atoms with Gasteiger partial charge >= 0.3 is 6.61 Å². The zero-order chi connectivity index (χ0) is 21.8. The van der Waals surface area contributed by atoms with E-state index in [0.717, 1.165) is 11.3 Å². The number of methoxy groups -OCH3 is 1. The molecule has 4 aromatic rings. The highest BCUT2D eigenvalue weighted by Gasteiger charge is 2.15. The Hall–Kier alpha value is -3.66. The third-order valence-corrected chi connectivity index (χ3v) is 5.05. The monoisotopic (exact) mass is 446 g/mol. The van der Waals surface area contributed by atoms with Crippen LogP contribution in [0.4, 0.5) is 13.9 Å². The van der Waals surface area contributed by atoms with Gasteiger partial charge in [0.15, 0.2) is 10.9 Å². The van der Waals surface area contributed by atoms with E-state index in [-0.39, 0.29) is 18.1 Å². The van der Waals surface area contributed by atoms with E-state index >= 15 is 0 Å². The highest BCUT2D eigenvalue weighted by atomic mass is 32.1. The fourth-order valence-electron chi connectivity index (χ4n) is 2.72. The summed E-state index contributed by atoms with van der Waals surface area (Å²) in [6, 6.07) is 14.7. The Morgan fingerprint density at radius 3 is 2.77 bits per heavy atom. The third-order valence-electron chi connectivity index (χ3n) is 4.11. The number of furan rings is 1. The van der Waals surface area contributed by atoms with Gasteiger partial charge in [0.2, 0.25) is 0 Å². The van der Waals surface area contributed by atoms with Crippen molar-refractivity contribution in [1.82, 2.24) is 4.98 Å². The molecule has 0 aliphatic heterocycles. The van der Waals surface area contributed by atoms with E-state index in [1.165, 1.54) is 18.2 Å². The minimum atomic E-state index is -2.91. The van der Waals surface area contributed by atoms with Gasteiger partial charge in [-0.05, 0) is 42.5 Å². The lowest BCUT2D eigenvalue weighted by Gasteiger charge is -2.06. The van der Waals surface area contributed by atoms with Crippen LogP contribution in [0.5, 0.6) is 17.2 Å². The quantitative estimate of drug-likeness (QED) is 0.394. The number of amides is 1. The molecule has 0 saturated heterocycles. The molecule has 0 saturated carbocycles. The number of thiazole rings is 1. The van der Waals surface area contributed by atoms with E-state index < -0.39 is 12.5 Å². The molecule has 31 heavy (non-hydrogen) atoms. The smallest absolute Gasteiger partial charge is 0.387 e. The molecule has 1 N–H and O–H groups in total. The molecule has 160 valence electrons. The van der Waals surface area contributed by atoms with Crippen molar-refractivity contribution in [3.8, 4) is 17.2 Å². The summed E-state index contributed by atoms with van der Waals surface area (Å²) in [5.41, 5.74) is 0.550. The number of nitrogens with zero attached hydrogens (tertiary/aromatic N) is 1. The predicted octanol–water partition coefficient (Wildman–Crippen LogP) is 5.33. The summed E-state index contributed by atoms with van der Waals surface area (Å²) in [4.78, 5) is 16.7. The van der Waals surface area contributed by atoms with Gasteiger partial charge in [-0.25, -0.2) is 4.98 Å². The number of halogens is 2. The zero-order valence-corrected chi connectivity index (χ0v) is 16.9. The van der Waals surface area contributed by atoms with Crippen LogP contribution in [0.15, 0.2) is 59.0 Å². The summed E-state index contributed by atoms with van der Waals surface area (Å²) in [6.07, 6.45) is 0. The van der Waals surface area contributed by atoms with Crippen molar-refractivity contribution in [2.45, 2.75) is 13.2 Å².